The summed E-state index contributed by atoms with van der Waals surface area (Å²) in [7, 11) is 1.62. The smallest absolute Gasteiger partial charge is 0.252 e. The lowest BCUT2D eigenvalue weighted by Crippen LogP contribution is -2.27. The van der Waals surface area contributed by atoms with Crippen molar-refractivity contribution in [3.05, 3.63) is 51.9 Å². The molecule has 0 bridgehead atoms. The number of nitrogens with one attached hydrogen (secondary N) is 1. The molecule has 0 aliphatic heterocycles. The van der Waals surface area contributed by atoms with E-state index in [1.807, 2.05) is 31.2 Å². The first-order chi connectivity index (χ1) is 11.6. The van der Waals surface area contributed by atoms with Gasteiger partial charge in [-0.15, -0.1) is 0 Å². The Balaban J connectivity index is 1.86. The first kappa shape index (κ1) is 16.2. The van der Waals surface area contributed by atoms with Crippen molar-refractivity contribution in [1.82, 2.24) is 20.0 Å². The molecule has 0 saturated carbocycles. The fraction of sp³-hybridized carbons (Fsp3) is 0.353. The van der Waals surface area contributed by atoms with E-state index in [0.717, 1.165) is 23.2 Å². The lowest BCUT2D eigenvalue weighted by molar-refractivity contribution is 0.258. The molecular weight excluding hydrogens is 308 g/mol. The van der Waals surface area contributed by atoms with E-state index in [9.17, 15) is 4.79 Å². The summed E-state index contributed by atoms with van der Waals surface area (Å²) in [6.45, 7) is 5.60. The monoisotopic (exact) mass is 328 g/mol. The van der Waals surface area contributed by atoms with Gasteiger partial charge in [-0.2, -0.15) is 4.98 Å². The van der Waals surface area contributed by atoms with Crippen molar-refractivity contribution in [3.8, 4) is 5.75 Å². The molecule has 0 spiro atoms. The van der Waals surface area contributed by atoms with E-state index >= 15 is 0 Å². The van der Waals surface area contributed by atoms with Gasteiger partial charge in [0.05, 0.1) is 13.7 Å². The molecule has 1 aromatic carbocycles. The Morgan fingerprint density at radius 1 is 1.29 bits per heavy atom. The van der Waals surface area contributed by atoms with Crippen molar-refractivity contribution in [3.63, 3.8) is 0 Å². The van der Waals surface area contributed by atoms with E-state index < -0.39 is 0 Å². The van der Waals surface area contributed by atoms with Gasteiger partial charge in [-0.1, -0.05) is 12.1 Å². The summed E-state index contributed by atoms with van der Waals surface area (Å²) < 4.78 is 10.2. The molecule has 1 N–H and O–H groups in total. The molecule has 7 nitrogen and oxygen atoms in total. The van der Waals surface area contributed by atoms with Crippen LogP contribution in [0, 0.1) is 6.92 Å². The molecule has 0 saturated heterocycles. The molecule has 0 radical (unpaired) electrons. The van der Waals surface area contributed by atoms with Crippen LogP contribution < -0.4 is 10.3 Å². The first-order valence-electron chi connectivity index (χ1n) is 7.80. The highest BCUT2D eigenvalue weighted by Crippen LogP contribution is 2.19. The molecule has 0 aliphatic carbocycles. The SMILES string of the molecule is CCN(Cc1noc(C)n1)Cc1cc2cc(OC)ccc2[nH]c1=O. The Morgan fingerprint density at radius 3 is 2.79 bits per heavy atom. The molecule has 0 unspecified atom stereocenters. The van der Waals surface area contributed by atoms with Crippen molar-refractivity contribution in [2.75, 3.05) is 13.7 Å². The fourth-order valence-electron chi connectivity index (χ4n) is 2.60. The van der Waals surface area contributed by atoms with E-state index in [1.54, 1.807) is 14.0 Å². The molecular formula is C17H20N4O3. The minimum Gasteiger partial charge on any atom is -0.497 e. The van der Waals surface area contributed by atoms with Gasteiger partial charge in [0, 0.05) is 29.9 Å². The number of aromatic amines is 1. The zero-order valence-electron chi connectivity index (χ0n) is 14.0. The van der Waals surface area contributed by atoms with E-state index in [-0.39, 0.29) is 5.56 Å². The number of ether oxygens (including phenoxy) is 1. The lowest BCUT2D eigenvalue weighted by Gasteiger charge is -2.18. The molecule has 0 aliphatic rings. The molecule has 3 rings (SSSR count). The highest BCUT2D eigenvalue weighted by Gasteiger charge is 2.12. The Hall–Kier alpha value is -2.67. The zero-order chi connectivity index (χ0) is 17.1. The van der Waals surface area contributed by atoms with Crippen LogP contribution in [0.2, 0.25) is 0 Å². The van der Waals surface area contributed by atoms with Crippen LogP contribution in [0.3, 0.4) is 0 Å². The maximum Gasteiger partial charge on any atom is 0.252 e. The van der Waals surface area contributed by atoms with Crippen molar-refractivity contribution < 1.29 is 9.26 Å². The Bertz CT molecular complexity index is 900. The molecule has 0 atom stereocenters. The third kappa shape index (κ3) is 3.46. The van der Waals surface area contributed by atoms with Crippen LogP contribution in [0.25, 0.3) is 10.9 Å². The molecule has 3 aromatic rings. The number of aryl methyl sites for hydroxylation is 1. The third-order valence-electron chi connectivity index (χ3n) is 3.90. The second-order valence-electron chi connectivity index (χ2n) is 5.61. The predicted octanol–water partition coefficient (Wildman–Crippen LogP) is 2.25. The largest absolute Gasteiger partial charge is 0.497 e. The average Bonchev–Trinajstić information content (AvgIpc) is 2.99. The van der Waals surface area contributed by atoms with Crippen LogP contribution in [-0.2, 0) is 13.1 Å². The Kier molecular flexibility index (Phi) is 4.61. The Labute approximate surface area is 139 Å². The minimum atomic E-state index is -0.0876. The maximum atomic E-state index is 12.3. The second-order valence-corrected chi connectivity index (χ2v) is 5.61. The molecule has 24 heavy (non-hydrogen) atoms. The maximum absolute atomic E-state index is 12.3. The molecule has 126 valence electrons. The fourth-order valence-corrected chi connectivity index (χ4v) is 2.60. The summed E-state index contributed by atoms with van der Waals surface area (Å²) in [4.78, 5) is 21.5. The summed E-state index contributed by atoms with van der Waals surface area (Å²) in [6.07, 6.45) is 0. The van der Waals surface area contributed by atoms with Crippen molar-refractivity contribution >= 4 is 10.9 Å². The number of rotatable bonds is 6. The van der Waals surface area contributed by atoms with Gasteiger partial charge in [0.2, 0.25) is 5.89 Å². The number of aromatic nitrogens is 3. The van der Waals surface area contributed by atoms with Gasteiger partial charge in [-0.3, -0.25) is 9.69 Å². The standard InChI is InChI=1S/C17H20N4O3/c1-4-21(10-16-18-11(2)24-20-16)9-13-7-12-8-14(23-3)5-6-15(12)19-17(13)22/h5-8H,4,9-10H2,1-3H3,(H,19,22). The highest BCUT2D eigenvalue weighted by atomic mass is 16.5. The Morgan fingerprint density at radius 2 is 2.12 bits per heavy atom. The summed E-state index contributed by atoms with van der Waals surface area (Å²) in [5.74, 6) is 1.92. The second kappa shape index (κ2) is 6.84. The predicted molar refractivity (Wildman–Crippen MR) is 89.9 cm³/mol. The van der Waals surface area contributed by atoms with E-state index in [0.29, 0.717) is 30.4 Å². The summed E-state index contributed by atoms with van der Waals surface area (Å²) in [5, 5.41) is 4.85. The summed E-state index contributed by atoms with van der Waals surface area (Å²) in [6, 6.07) is 7.49. The molecule has 2 aromatic heterocycles. The van der Waals surface area contributed by atoms with Crippen molar-refractivity contribution in [1.29, 1.82) is 0 Å². The van der Waals surface area contributed by atoms with Crippen LogP contribution >= 0.6 is 0 Å². The topological polar surface area (TPSA) is 84.2 Å². The van der Waals surface area contributed by atoms with Gasteiger partial charge in [-0.25, -0.2) is 0 Å². The molecule has 0 fully saturated rings. The van der Waals surface area contributed by atoms with Gasteiger partial charge in [0.15, 0.2) is 5.82 Å². The quantitative estimate of drug-likeness (QED) is 0.747. The van der Waals surface area contributed by atoms with Gasteiger partial charge >= 0.3 is 0 Å². The van der Waals surface area contributed by atoms with Crippen molar-refractivity contribution in [2.24, 2.45) is 0 Å². The van der Waals surface area contributed by atoms with Gasteiger partial charge in [0.25, 0.3) is 5.56 Å². The summed E-state index contributed by atoms with van der Waals surface area (Å²) in [5.41, 5.74) is 1.40. The highest BCUT2D eigenvalue weighted by molar-refractivity contribution is 5.80. The number of benzene rings is 1. The summed E-state index contributed by atoms with van der Waals surface area (Å²) >= 11 is 0. The normalized spacial score (nSPS) is 11.3. The number of hydrogen-bond acceptors (Lipinski definition) is 6. The van der Waals surface area contributed by atoms with Gasteiger partial charge < -0.3 is 14.2 Å². The van der Waals surface area contributed by atoms with Gasteiger partial charge in [-0.05, 0) is 30.8 Å². The lowest BCUT2D eigenvalue weighted by atomic mass is 10.1. The van der Waals surface area contributed by atoms with Crippen LogP contribution in [0.5, 0.6) is 5.75 Å². The van der Waals surface area contributed by atoms with Crippen LogP contribution in [-0.4, -0.2) is 33.7 Å². The number of pyridine rings is 1. The van der Waals surface area contributed by atoms with Gasteiger partial charge in [0.1, 0.15) is 5.75 Å². The average molecular weight is 328 g/mol. The zero-order valence-corrected chi connectivity index (χ0v) is 14.0. The minimum absolute atomic E-state index is 0.0876. The van der Waals surface area contributed by atoms with E-state index in [4.69, 9.17) is 9.26 Å². The molecule has 7 heteroatoms. The third-order valence-corrected chi connectivity index (χ3v) is 3.90. The van der Waals surface area contributed by atoms with Crippen LogP contribution in [0.1, 0.15) is 24.2 Å². The number of nitrogens with zero attached hydrogens (tertiary/aromatic N) is 3. The molecule has 2 heterocycles. The number of H-pyrrole nitrogens is 1. The van der Waals surface area contributed by atoms with E-state index in [2.05, 4.69) is 20.0 Å². The first-order valence-corrected chi connectivity index (χ1v) is 7.80. The number of fused-ring (bicyclic) bond motifs is 1. The number of hydrogen-bond donors (Lipinski definition) is 1. The van der Waals surface area contributed by atoms with Crippen molar-refractivity contribution in [2.45, 2.75) is 26.9 Å². The number of methoxy groups -OCH3 is 1. The molecule has 0 amide bonds. The van der Waals surface area contributed by atoms with Crippen LogP contribution in [0.4, 0.5) is 0 Å². The van der Waals surface area contributed by atoms with Crippen LogP contribution in [0.15, 0.2) is 33.6 Å². The van der Waals surface area contributed by atoms with E-state index in [1.165, 1.54) is 0 Å².